The second-order valence-electron chi connectivity index (χ2n) is 7.67. The van der Waals surface area contributed by atoms with Gasteiger partial charge in [-0.15, -0.1) is 0 Å². The van der Waals surface area contributed by atoms with Crippen molar-refractivity contribution in [3.63, 3.8) is 0 Å². The van der Waals surface area contributed by atoms with E-state index in [1.165, 1.54) is 17.6 Å². The van der Waals surface area contributed by atoms with Crippen LogP contribution in [0.3, 0.4) is 0 Å². The van der Waals surface area contributed by atoms with Crippen molar-refractivity contribution in [1.29, 1.82) is 0 Å². The number of rotatable bonds is 10. The van der Waals surface area contributed by atoms with Crippen LogP contribution in [0, 0.1) is 5.82 Å². The number of anilines is 1. The lowest BCUT2D eigenvalue weighted by Crippen LogP contribution is -2.50. The Balaban J connectivity index is 1.52. The fraction of sp³-hybridized carbons (Fsp3) is 0.160. The standard InChI is InChI=1S/C25H26FN5O4/c26-20-3-1-2-16(12-20)14-28-15-23(32)29-21-10-8-18(9-11-21)17-4-6-19(7-5-17)24(33)30-22(13-27)25(34)31-35/h1-12,22,28,35H,13-15,27H2,(H,29,32)(H,30,33)(H,31,34)/t22-/m0/s1. The molecule has 0 heterocycles. The first-order chi connectivity index (χ1) is 16.9. The third-order valence-corrected chi connectivity index (χ3v) is 5.12. The van der Waals surface area contributed by atoms with Crippen LogP contribution in [0.15, 0.2) is 72.8 Å². The number of carbonyl (C=O) groups excluding carboxylic acids is 3. The van der Waals surface area contributed by atoms with Crippen LogP contribution in [0.1, 0.15) is 15.9 Å². The first kappa shape index (κ1) is 25.5. The molecule has 0 aliphatic heterocycles. The summed E-state index contributed by atoms with van der Waals surface area (Å²) in [5.74, 6) is -1.85. The van der Waals surface area contributed by atoms with Crippen LogP contribution in [-0.4, -0.2) is 42.1 Å². The Labute approximate surface area is 201 Å². The highest BCUT2D eigenvalue weighted by Crippen LogP contribution is 2.22. The van der Waals surface area contributed by atoms with Crippen LogP contribution in [0.25, 0.3) is 11.1 Å². The zero-order chi connectivity index (χ0) is 25.2. The molecular weight excluding hydrogens is 453 g/mol. The van der Waals surface area contributed by atoms with E-state index in [-0.39, 0.29) is 24.8 Å². The minimum atomic E-state index is -1.05. The van der Waals surface area contributed by atoms with Gasteiger partial charge < -0.3 is 21.7 Å². The highest BCUT2D eigenvalue weighted by Gasteiger charge is 2.19. The molecular formula is C25H26FN5O4. The zero-order valence-electron chi connectivity index (χ0n) is 18.8. The molecule has 10 heteroatoms. The molecule has 9 nitrogen and oxygen atoms in total. The van der Waals surface area contributed by atoms with Gasteiger partial charge in [0.2, 0.25) is 5.91 Å². The van der Waals surface area contributed by atoms with E-state index in [2.05, 4.69) is 16.0 Å². The van der Waals surface area contributed by atoms with Gasteiger partial charge in [-0.2, -0.15) is 0 Å². The molecule has 0 aliphatic rings. The van der Waals surface area contributed by atoms with Gasteiger partial charge in [0, 0.05) is 24.3 Å². The number of nitrogens with one attached hydrogen (secondary N) is 4. The molecule has 0 aliphatic carbocycles. The molecule has 0 fully saturated rings. The van der Waals surface area contributed by atoms with E-state index in [9.17, 15) is 18.8 Å². The molecule has 3 aromatic rings. The largest absolute Gasteiger partial charge is 0.339 e. The van der Waals surface area contributed by atoms with E-state index in [0.717, 1.165) is 16.7 Å². The normalized spacial score (nSPS) is 11.4. The second kappa shape index (κ2) is 12.4. The van der Waals surface area contributed by atoms with Crippen LogP contribution in [0.2, 0.25) is 0 Å². The van der Waals surface area contributed by atoms with Crippen molar-refractivity contribution in [2.75, 3.05) is 18.4 Å². The summed E-state index contributed by atoms with van der Waals surface area (Å²) < 4.78 is 13.2. The summed E-state index contributed by atoms with van der Waals surface area (Å²) in [4.78, 5) is 35.9. The molecule has 3 aromatic carbocycles. The summed E-state index contributed by atoms with van der Waals surface area (Å²) >= 11 is 0. The van der Waals surface area contributed by atoms with Gasteiger partial charge in [-0.25, -0.2) is 9.87 Å². The number of halogens is 1. The summed E-state index contributed by atoms with van der Waals surface area (Å²) in [6.45, 7) is 0.286. The van der Waals surface area contributed by atoms with Crippen molar-refractivity contribution >= 4 is 23.4 Å². The molecule has 3 rings (SSSR count). The Kier molecular flexibility index (Phi) is 9.02. The van der Waals surface area contributed by atoms with E-state index < -0.39 is 17.9 Å². The Bertz CT molecular complexity index is 1170. The summed E-state index contributed by atoms with van der Waals surface area (Å²) in [6.07, 6.45) is 0. The van der Waals surface area contributed by atoms with Gasteiger partial charge in [-0.05, 0) is 53.1 Å². The SMILES string of the molecule is NC[C@H](NC(=O)c1ccc(-c2ccc(NC(=O)CNCc3cccc(F)c3)cc2)cc1)C(=O)NO. The molecule has 0 radical (unpaired) electrons. The molecule has 0 unspecified atom stereocenters. The van der Waals surface area contributed by atoms with Crippen molar-refractivity contribution in [3.05, 3.63) is 89.7 Å². The van der Waals surface area contributed by atoms with Crippen molar-refractivity contribution in [2.24, 2.45) is 5.73 Å². The van der Waals surface area contributed by atoms with E-state index >= 15 is 0 Å². The summed E-state index contributed by atoms with van der Waals surface area (Å²) in [7, 11) is 0. The highest BCUT2D eigenvalue weighted by atomic mass is 19.1. The van der Waals surface area contributed by atoms with Gasteiger partial charge in [0.1, 0.15) is 11.9 Å². The lowest BCUT2D eigenvalue weighted by molar-refractivity contribution is -0.130. The molecule has 0 saturated carbocycles. The maximum atomic E-state index is 13.2. The topological polar surface area (TPSA) is 146 Å². The van der Waals surface area contributed by atoms with Gasteiger partial charge in [0.25, 0.3) is 11.8 Å². The smallest absolute Gasteiger partial charge is 0.267 e. The molecule has 0 aromatic heterocycles. The first-order valence-electron chi connectivity index (χ1n) is 10.8. The summed E-state index contributed by atoms with van der Waals surface area (Å²) in [5.41, 5.74) is 10.3. The van der Waals surface area contributed by atoms with Gasteiger partial charge >= 0.3 is 0 Å². The zero-order valence-corrected chi connectivity index (χ0v) is 18.8. The Morgan fingerprint density at radius 1 is 0.943 bits per heavy atom. The first-order valence-corrected chi connectivity index (χ1v) is 10.8. The van der Waals surface area contributed by atoms with Gasteiger partial charge in [0.15, 0.2) is 0 Å². The maximum Gasteiger partial charge on any atom is 0.267 e. The minimum absolute atomic E-state index is 0.0762. The van der Waals surface area contributed by atoms with Crippen molar-refractivity contribution in [1.82, 2.24) is 16.1 Å². The number of hydrogen-bond acceptors (Lipinski definition) is 6. The van der Waals surface area contributed by atoms with E-state index in [1.807, 2.05) is 12.1 Å². The number of carbonyl (C=O) groups is 3. The Hall–Kier alpha value is -4.12. The highest BCUT2D eigenvalue weighted by molar-refractivity contribution is 5.98. The summed E-state index contributed by atoms with van der Waals surface area (Å²) in [6, 6.07) is 19.0. The molecule has 7 N–H and O–H groups in total. The molecule has 0 spiro atoms. The van der Waals surface area contributed by atoms with Crippen LogP contribution in [-0.2, 0) is 16.1 Å². The minimum Gasteiger partial charge on any atom is -0.339 e. The van der Waals surface area contributed by atoms with Gasteiger partial charge in [0.05, 0.1) is 6.54 Å². The maximum absolute atomic E-state index is 13.2. The predicted octanol–water partition coefficient (Wildman–Crippen LogP) is 1.78. The van der Waals surface area contributed by atoms with Gasteiger partial charge in [-0.1, -0.05) is 36.4 Å². The molecule has 0 bridgehead atoms. The van der Waals surface area contributed by atoms with Crippen molar-refractivity contribution < 1.29 is 24.0 Å². The number of hydrogen-bond donors (Lipinski definition) is 6. The monoisotopic (exact) mass is 479 g/mol. The van der Waals surface area contributed by atoms with Crippen molar-refractivity contribution in [2.45, 2.75) is 12.6 Å². The Morgan fingerprint density at radius 2 is 1.60 bits per heavy atom. The van der Waals surface area contributed by atoms with Crippen LogP contribution in [0.5, 0.6) is 0 Å². The van der Waals surface area contributed by atoms with Crippen LogP contribution >= 0.6 is 0 Å². The molecule has 0 saturated heterocycles. The second-order valence-corrected chi connectivity index (χ2v) is 7.67. The number of amides is 3. The van der Waals surface area contributed by atoms with E-state index in [1.54, 1.807) is 48.5 Å². The van der Waals surface area contributed by atoms with E-state index in [0.29, 0.717) is 17.8 Å². The predicted molar refractivity (Wildman–Crippen MR) is 129 cm³/mol. The average molecular weight is 480 g/mol. The average Bonchev–Trinajstić information content (AvgIpc) is 2.87. The number of benzene rings is 3. The molecule has 35 heavy (non-hydrogen) atoms. The number of nitrogens with two attached hydrogens (primary N) is 1. The fourth-order valence-corrected chi connectivity index (χ4v) is 3.28. The Morgan fingerprint density at radius 3 is 2.20 bits per heavy atom. The fourth-order valence-electron chi connectivity index (χ4n) is 3.28. The third-order valence-electron chi connectivity index (χ3n) is 5.12. The molecule has 182 valence electrons. The van der Waals surface area contributed by atoms with Crippen LogP contribution < -0.4 is 27.2 Å². The van der Waals surface area contributed by atoms with Gasteiger partial charge in [-0.3, -0.25) is 19.6 Å². The van der Waals surface area contributed by atoms with Crippen LogP contribution in [0.4, 0.5) is 10.1 Å². The summed E-state index contributed by atoms with van der Waals surface area (Å²) in [5, 5.41) is 16.9. The number of hydroxylamine groups is 1. The van der Waals surface area contributed by atoms with E-state index in [4.69, 9.17) is 10.9 Å². The lowest BCUT2D eigenvalue weighted by atomic mass is 10.0. The molecule has 3 amide bonds. The quantitative estimate of drug-likeness (QED) is 0.193. The molecule has 1 atom stereocenters. The van der Waals surface area contributed by atoms with Crippen molar-refractivity contribution in [3.8, 4) is 11.1 Å². The lowest BCUT2D eigenvalue weighted by Gasteiger charge is -2.14. The third kappa shape index (κ3) is 7.44.